The Morgan fingerprint density at radius 3 is 2.72 bits per heavy atom. The molecule has 0 aromatic rings. The van der Waals surface area contributed by atoms with E-state index in [0.29, 0.717) is 12.8 Å². The number of hydrogen-bond donors (Lipinski definition) is 2. The first-order valence-electron chi connectivity index (χ1n) is 6.67. The van der Waals surface area contributed by atoms with Gasteiger partial charge < -0.3 is 15.6 Å². The summed E-state index contributed by atoms with van der Waals surface area (Å²) in [7, 11) is 0. The van der Waals surface area contributed by atoms with Gasteiger partial charge in [0.2, 0.25) is 0 Å². The molecule has 1 aliphatic rings. The molecule has 3 N–H and O–H groups in total. The molecule has 0 spiro atoms. The van der Waals surface area contributed by atoms with E-state index in [1.165, 1.54) is 0 Å². The van der Waals surface area contributed by atoms with E-state index < -0.39 is 11.5 Å². The van der Waals surface area contributed by atoms with Gasteiger partial charge in [-0.15, -0.1) is 0 Å². The zero-order valence-corrected chi connectivity index (χ0v) is 11.7. The molecule has 1 heterocycles. The van der Waals surface area contributed by atoms with E-state index in [1.807, 2.05) is 6.92 Å². The second-order valence-corrected chi connectivity index (χ2v) is 5.77. The number of rotatable bonds is 6. The molecule has 0 aliphatic carbocycles. The van der Waals surface area contributed by atoms with Gasteiger partial charge in [-0.25, -0.2) is 0 Å². The molecule has 106 valence electrons. The highest BCUT2D eigenvalue weighted by Gasteiger charge is 2.33. The zero-order chi connectivity index (χ0) is 13.8. The van der Waals surface area contributed by atoms with Crippen molar-refractivity contribution in [1.82, 2.24) is 4.90 Å². The van der Waals surface area contributed by atoms with Crippen molar-refractivity contribution in [3.05, 3.63) is 0 Å². The number of carboxylic acid groups (broad SMARTS) is 1. The molecule has 0 radical (unpaired) electrons. The lowest BCUT2D eigenvalue weighted by Crippen LogP contribution is -2.54. The van der Waals surface area contributed by atoms with Crippen LogP contribution in [-0.4, -0.2) is 53.4 Å². The van der Waals surface area contributed by atoms with Crippen molar-refractivity contribution < 1.29 is 14.6 Å². The van der Waals surface area contributed by atoms with Crippen molar-refractivity contribution in [1.29, 1.82) is 0 Å². The number of carbonyl (C=O) groups is 1. The Balaban J connectivity index is 2.43. The fraction of sp³-hybridized carbons (Fsp3) is 0.923. The van der Waals surface area contributed by atoms with Gasteiger partial charge >= 0.3 is 5.97 Å². The number of ether oxygens (including phenoxy) is 1. The van der Waals surface area contributed by atoms with E-state index in [1.54, 1.807) is 0 Å². The second kappa shape index (κ2) is 5.99. The summed E-state index contributed by atoms with van der Waals surface area (Å²) in [4.78, 5) is 13.5. The predicted octanol–water partition coefficient (Wildman–Crippen LogP) is 1.07. The maximum Gasteiger partial charge on any atom is 0.323 e. The van der Waals surface area contributed by atoms with Gasteiger partial charge in [0.15, 0.2) is 0 Å². The Hall–Kier alpha value is -0.650. The summed E-state index contributed by atoms with van der Waals surface area (Å²) in [6, 6.07) is 0. The summed E-state index contributed by atoms with van der Waals surface area (Å²) in [5.41, 5.74) is 4.84. The average molecular weight is 258 g/mol. The minimum atomic E-state index is -1.07. The Bertz CT molecular complexity index is 294. The van der Waals surface area contributed by atoms with Gasteiger partial charge in [-0.3, -0.25) is 9.69 Å². The lowest BCUT2D eigenvalue weighted by Gasteiger charge is -2.42. The maximum atomic E-state index is 11.1. The molecule has 1 unspecified atom stereocenters. The largest absolute Gasteiger partial charge is 0.480 e. The molecule has 1 atom stereocenters. The Labute approximate surface area is 109 Å². The molecule has 1 rings (SSSR count). The second-order valence-electron chi connectivity index (χ2n) is 5.77. The molecule has 1 fully saturated rings. The van der Waals surface area contributed by atoms with Crippen molar-refractivity contribution in [2.24, 2.45) is 5.73 Å². The number of morpholine rings is 1. The molecular formula is C13H26N2O3. The van der Waals surface area contributed by atoms with Gasteiger partial charge in [-0.05, 0) is 39.7 Å². The minimum absolute atomic E-state index is 0.0327. The van der Waals surface area contributed by atoms with Gasteiger partial charge in [0.25, 0.3) is 0 Å². The van der Waals surface area contributed by atoms with Crippen molar-refractivity contribution in [3.63, 3.8) is 0 Å². The predicted molar refractivity (Wildman–Crippen MR) is 70.6 cm³/mol. The van der Waals surface area contributed by atoms with E-state index in [9.17, 15) is 4.79 Å². The number of nitrogens with two attached hydrogens (primary N) is 1. The third-order valence-electron chi connectivity index (χ3n) is 3.92. The van der Waals surface area contributed by atoms with Crippen LogP contribution in [0.25, 0.3) is 0 Å². The smallest absolute Gasteiger partial charge is 0.323 e. The number of carboxylic acids is 1. The van der Waals surface area contributed by atoms with E-state index in [-0.39, 0.29) is 5.54 Å². The number of hydrogen-bond acceptors (Lipinski definition) is 4. The van der Waals surface area contributed by atoms with Crippen LogP contribution in [0.3, 0.4) is 0 Å². The topological polar surface area (TPSA) is 75.8 Å². The molecule has 0 amide bonds. The van der Waals surface area contributed by atoms with Crippen LogP contribution in [0.15, 0.2) is 0 Å². The molecule has 5 nitrogen and oxygen atoms in total. The van der Waals surface area contributed by atoms with Crippen molar-refractivity contribution in [3.8, 4) is 0 Å². The highest BCUT2D eigenvalue weighted by atomic mass is 16.5. The van der Waals surface area contributed by atoms with Gasteiger partial charge in [0.1, 0.15) is 5.54 Å². The quantitative estimate of drug-likeness (QED) is 0.745. The molecule has 0 aromatic carbocycles. The average Bonchev–Trinajstić information content (AvgIpc) is 2.30. The highest BCUT2D eigenvalue weighted by Crippen LogP contribution is 2.21. The van der Waals surface area contributed by atoms with Crippen molar-refractivity contribution in [2.75, 3.05) is 26.3 Å². The Morgan fingerprint density at radius 1 is 1.56 bits per heavy atom. The minimum Gasteiger partial charge on any atom is -0.480 e. The van der Waals surface area contributed by atoms with Crippen LogP contribution in [0.1, 0.15) is 40.0 Å². The van der Waals surface area contributed by atoms with Crippen LogP contribution in [0, 0.1) is 0 Å². The molecule has 0 bridgehead atoms. The summed E-state index contributed by atoms with van der Waals surface area (Å²) in [6.45, 7) is 9.40. The van der Waals surface area contributed by atoms with Crippen molar-refractivity contribution in [2.45, 2.75) is 51.1 Å². The Morgan fingerprint density at radius 2 is 2.22 bits per heavy atom. The van der Waals surface area contributed by atoms with E-state index in [2.05, 4.69) is 18.7 Å². The molecule has 5 heteroatoms. The first kappa shape index (κ1) is 15.4. The standard InChI is InChI=1S/C13H26N2O3/c1-4-13(14,11(16)17)6-5-7-15-8-9-18-10-12(15,2)3/h4-10,14H2,1-3H3,(H,16,17). The van der Waals surface area contributed by atoms with Crippen LogP contribution in [0.2, 0.25) is 0 Å². The summed E-state index contributed by atoms with van der Waals surface area (Å²) < 4.78 is 5.46. The van der Waals surface area contributed by atoms with Crippen LogP contribution in [-0.2, 0) is 9.53 Å². The summed E-state index contributed by atoms with van der Waals surface area (Å²) in [5, 5.41) is 9.11. The van der Waals surface area contributed by atoms with E-state index in [4.69, 9.17) is 15.6 Å². The first-order valence-corrected chi connectivity index (χ1v) is 6.67. The maximum absolute atomic E-state index is 11.1. The van der Waals surface area contributed by atoms with Gasteiger partial charge in [-0.2, -0.15) is 0 Å². The summed E-state index contributed by atoms with van der Waals surface area (Å²) >= 11 is 0. The van der Waals surface area contributed by atoms with Crippen molar-refractivity contribution >= 4 is 5.97 Å². The zero-order valence-electron chi connectivity index (χ0n) is 11.7. The highest BCUT2D eigenvalue weighted by molar-refractivity contribution is 5.78. The Kier molecular flexibility index (Phi) is 5.13. The fourth-order valence-corrected chi connectivity index (χ4v) is 2.33. The molecule has 1 aliphatic heterocycles. The van der Waals surface area contributed by atoms with E-state index in [0.717, 1.165) is 32.7 Å². The molecule has 1 saturated heterocycles. The van der Waals surface area contributed by atoms with Crippen LogP contribution < -0.4 is 5.73 Å². The summed E-state index contributed by atoms with van der Waals surface area (Å²) in [6.07, 6.45) is 1.79. The fourth-order valence-electron chi connectivity index (χ4n) is 2.33. The van der Waals surface area contributed by atoms with Gasteiger partial charge in [0.05, 0.1) is 13.2 Å². The summed E-state index contributed by atoms with van der Waals surface area (Å²) in [5.74, 6) is -0.897. The van der Waals surface area contributed by atoms with Gasteiger partial charge in [0, 0.05) is 12.1 Å². The number of nitrogens with zero attached hydrogens (tertiary/aromatic N) is 1. The third kappa shape index (κ3) is 3.67. The molecule has 0 saturated carbocycles. The third-order valence-corrected chi connectivity index (χ3v) is 3.92. The van der Waals surface area contributed by atoms with Crippen LogP contribution >= 0.6 is 0 Å². The molecule has 18 heavy (non-hydrogen) atoms. The number of aliphatic carboxylic acids is 1. The normalized spacial score (nSPS) is 23.6. The monoisotopic (exact) mass is 258 g/mol. The van der Waals surface area contributed by atoms with Crippen LogP contribution in [0.5, 0.6) is 0 Å². The molecular weight excluding hydrogens is 232 g/mol. The molecule has 0 aromatic heterocycles. The lowest BCUT2D eigenvalue weighted by molar-refractivity contribution is -0.143. The van der Waals surface area contributed by atoms with E-state index >= 15 is 0 Å². The first-order chi connectivity index (χ1) is 8.32. The SMILES string of the molecule is CCC(N)(CCCN1CCOCC1(C)C)C(=O)O. The lowest BCUT2D eigenvalue weighted by atomic mass is 9.91. The van der Waals surface area contributed by atoms with Gasteiger partial charge in [-0.1, -0.05) is 6.92 Å². The van der Waals surface area contributed by atoms with Crippen LogP contribution in [0.4, 0.5) is 0 Å².